The normalized spacial score (nSPS) is 12.4. The van der Waals surface area contributed by atoms with E-state index in [1.807, 2.05) is 0 Å². The Bertz CT molecular complexity index is 287. The van der Waals surface area contributed by atoms with Crippen molar-refractivity contribution in [2.75, 3.05) is 26.1 Å². The molecular formula is C8H12N2O4. The van der Waals surface area contributed by atoms with E-state index in [0.29, 0.717) is 18.8 Å². The number of nitrogens with two attached hydrogens (primary N) is 1. The highest BCUT2D eigenvalue weighted by Gasteiger charge is 2.18. The summed E-state index contributed by atoms with van der Waals surface area (Å²) in [7, 11) is 1.55. The van der Waals surface area contributed by atoms with Crippen LogP contribution in [0, 0.1) is 0 Å². The van der Waals surface area contributed by atoms with Crippen LogP contribution in [0.4, 0.5) is 5.88 Å². The summed E-state index contributed by atoms with van der Waals surface area (Å²) in [6, 6.07) is 0. The zero-order valence-corrected chi connectivity index (χ0v) is 7.80. The van der Waals surface area contributed by atoms with Crippen LogP contribution in [-0.4, -0.2) is 31.8 Å². The second-order valence-corrected chi connectivity index (χ2v) is 2.68. The van der Waals surface area contributed by atoms with E-state index in [1.54, 1.807) is 7.11 Å². The summed E-state index contributed by atoms with van der Waals surface area (Å²) in [4.78, 5) is 13.9. The van der Waals surface area contributed by atoms with Crippen molar-refractivity contribution >= 4 is 12.4 Å². The highest BCUT2D eigenvalue weighted by atomic mass is 16.5. The highest BCUT2D eigenvalue weighted by Crippen LogP contribution is 2.20. The van der Waals surface area contributed by atoms with Crippen molar-refractivity contribution in [2.24, 2.45) is 0 Å². The van der Waals surface area contributed by atoms with Gasteiger partial charge in [-0.15, -0.1) is 0 Å². The zero-order chi connectivity index (χ0) is 10.4. The Hall–Kier alpha value is -1.56. The molecule has 1 atom stereocenters. The Kier molecular flexibility index (Phi) is 3.93. The third-order valence-corrected chi connectivity index (χ3v) is 1.74. The lowest BCUT2D eigenvalue weighted by molar-refractivity contribution is -0.129. The monoisotopic (exact) mass is 200 g/mol. The number of nitrogens with zero attached hydrogens (tertiary/aromatic N) is 1. The van der Waals surface area contributed by atoms with Crippen LogP contribution >= 0.6 is 0 Å². The number of aromatic nitrogens is 1. The van der Waals surface area contributed by atoms with Crippen molar-refractivity contribution in [1.29, 1.82) is 0 Å². The van der Waals surface area contributed by atoms with E-state index in [2.05, 4.69) is 9.72 Å². The van der Waals surface area contributed by atoms with E-state index in [1.165, 1.54) is 6.39 Å². The SMILES string of the molecule is COCC(COC=O)c1ncoc1N. The third kappa shape index (κ3) is 2.46. The summed E-state index contributed by atoms with van der Waals surface area (Å²) in [5.74, 6) is 0.0329. The van der Waals surface area contributed by atoms with E-state index in [-0.39, 0.29) is 18.4 Å². The molecule has 1 aromatic rings. The van der Waals surface area contributed by atoms with E-state index in [9.17, 15) is 4.79 Å². The number of hydrogen-bond donors (Lipinski definition) is 1. The summed E-state index contributed by atoms with van der Waals surface area (Å²) >= 11 is 0. The van der Waals surface area contributed by atoms with Crippen LogP contribution in [0.5, 0.6) is 0 Å². The summed E-state index contributed by atoms with van der Waals surface area (Å²) in [6.45, 7) is 0.914. The fraction of sp³-hybridized carbons (Fsp3) is 0.500. The van der Waals surface area contributed by atoms with Crippen LogP contribution in [0.25, 0.3) is 0 Å². The predicted octanol–water partition coefficient (Wildman–Crippen LogP) is 0.160. The second-order valence-electron chi connectivity index (χ2n) is 2.68. The van der Waals surface area contributed by atoms with E-state index < -0.39 is 0 Å². The van der Waals surface area contributed by atoms with Gasteiger partial charge in [-0.05, 0) is 0 Å². The fourth-order valence-corrected chi connectivity index (χ4v) is 1.13. The molecule has 0 aliphatic heterocycles. The number of carbonyl (C=O) groups is 1. The Morgan fingerprint density at radius 1 is 1.71 bits per heavy atom. The molecule has 6 heteroatoms. The maximum atomic E-state index is 10.0. The van der Waals surface area contributed by atoms with Crippen LogP contribution in [0.2, 0.25) is 0 Å². The van der Waals surface area contributed by atoms with Crippen molar-refractivity contribution in [3.05, 3.63) is 12.1 Å². The van der Waals surface area contributed by atoms with Gasteiger partial charge in [0, 0.05) is 7.11 Å². The molecule has 0 saturated carbocycles. The lowest BCUT2D eigenvalue weighted by Gasteiger charge is -2.11. The van der Waals surface area contributed by atoms with Crippen molar-refractivity contribution in [1.82, 2.24) is 4.98 Å². The maximum Gasteiger partial charge on any atom is 0.293 e. The molecule has 0 saturated heterocycles. The van der Waals surface area contributed by atoms with Gasteiger partial charge >= 0.3 is 0 Å². The van der Waals surface area contributed by atoms with Gasteiger partial charge in [-0.1, -0.05) is 0 Å². The fourth-order valence-electron chi connectivity index (χ4n) is 1.13. The minimum absolute atomic E-state index is 0.175. The molecule has 78 valence electrons. The molecule has 0 amide bonds. The van der Waals surface area contributed by atoms with E-state index in [4.69, 9.17) is 14.9 Å². The maximum absolute atomic E-state index is 10.0. The van der Waals surface area contributed by atoms with Crippen molar-refractivity contribution < 1.29 is 18.7 Å². The number of nitrogen functional groups attached to an aromatic ring is 1. The van der Waals surface area contributed by atoms with E-state index >= 15 is 0 Å². The number of ether oxygens (including phenoxy) is 2. The molecule has 0 bridgehead atoms. The first-order valence-corrected chi connectivity index (χ1v) is 4.02. The summed E-state index contributed by atoms with van der Waals surface area (Å²) in [5.41, 5.74) is 6.06. The Morgan fingerprint density at radius 3 is 3.00 bits per heavy atom. The molecule has 0 aliphatic carbocycles. The second kappa shape index (κ2) is 5.23. The molecule has 14 heavy (non-hydrogen) atoms. The molecule has 0 fully saturated rings. The van der Waals surface area contributed by atoms with Crippen LogP contribution in [0.3, 0.4) is 0 Å². The Balaban J connectivity index is 2.66. The average Bonchev–Trinajstić information content (AvgIpc) is 2.59. The minimum atomic E-state index is -0.191. The lowest BCUT2D eigenvalue weighted by Crippen LogP contribution is -2.14. The lowest BCUT2D eigenvalue weighted by atomic mass is 10.1. The predicted molar refractivity (Wildman–Crippen MR) is 47.5 cm³/mol. The molecule has 0 radical (unpaired) electrons. The van der Waals surface area contributed by atoms with Gasteiger partial charge in [-0.2, -0.15) is 0 Å². The van der Waals surface area contributed by atoms with Gasteiger partial charge in [0.25, 0.3) is 6.47 Å². The van der Waals surface area contributed by atoms with Gasteiger partial charge in [-0.25, -0.2) is 4.98 Å². The van der Waals surface area contributed by atoms with Gasteiger partial charge in [0.2, 0.25) is 5.88 Å². The number of anilines is 1. The van der Waals surface area contributed by atoms with Gasteiger partial charge < -0.3 is 19.6 Å². The van der Waals surface area contributed by atoms with Gasteiger partial charge in [0.15, 0.2) is 6.39 Å². The zero-order valence-electron chi connectivity index (χ0n) is 7.80. The molecule has 1 rings (SSSR count). The van der Waals surface area contributed by atoms with Gasteiger partial charge in [0.05, 0.1) is 12.5 Å². The molecule has 1 heterocycles. The number of rotatable bonds is 6. The minimum Gasteiger partial charge on any atom is -0.467 e. The Morgan fingerprint density at radius 2 is 2.50 bits per heavy atom. The van der Waals surface area contributed by atoms with Gasteiger partial charge in [0.1, 0.15) is 12.3 Å². The molecule has 2 N–H and O–H groups in total. The first-order chi connectivity index (χ1) is 6.79. The van der Waals surface area contributed by atoms with Crippen LogP contribution in [0.15, 0.2) is 10.8 Å². The average molecular weight is 200 g/mol. The largest absolute Gasteiger partial charge is 0.467 e. The Labute approximate surface area is 81.0 Å². The smallest absolute Gasteiger partial charge is 0.293 e. The third-order valence-electron chi connectivity index (χ3n) is 1.74. The standard InChI is InChI=1S/C8H12N2O4/c1-12-2-6(3-13-5-11)7-8(9)14-4-10-7/h4-6H,2-3,9H2,1H3. The number of methoxy groups -OCH3 is 1. The number of hydrogen-bond acceptors (Lipinski definition) is 6. The highest BCUT2D eigenvalue weighted by molar-refractivity contribution is 5.38. The number of carbonyl (C=O) groups excluding carboxylic acids is 1. The molecule has 0 spiro atoms. The molecule has 6 nitrogen and oxygen atoms in total. The van der Waals surface area contributed by atoms with Crippen LogP contribution < -0.4 is 5.73 Å². The van der Waals surface area contributed by atoms with Crippen molar-refractivity contribution in [2.45, 2.75) is 5.92 Å². The first-order valence-electron chi connectivity index (χ1n) is 4.02. The summed E-state index contributed by atoms with van der Waals surface area (Å²) in [5, 5.41) is 0. The molecule has 1 aromatic heterocycles. The van der Waals surface area contributed by atoms with Crippen LogP contribution in [0.1, 0.15) is 11.6 Å². The molecular weight excluding hydrogens is 188 g/mol. The quantitative estimate of drug-likeness (QED) is 0.658. The van der Waals surface area contributed by atoms with Crippen LogP contribution in [-0.2, 0) is 14.3 Å². The molecule has 0 aliphatic rings. The molecule has 0 aromatic carbocycles. The van der Waals surface area contributed by atoms with Gasteiger partial charge in [-0.3, -0.25) is 4.79 Å². The topological polar surface area (TPSA) is 87.6 Å². The van der Waals surface area contributed by atoms with Crippen molar-refractivity contribution in [3.63, 3.8) is 0 Å². The van der Waals surface area contributed by atoms with Crippen molar-refractivity contribution in [3.8, 4) is 0 Å². The van der Waals surface area contributed by atoms with E-state index in [0.717, 1.165) is 0 Å². The summed E-state index contributed by atoms with van der Waals surface area (Å²) < 4.78 is 14.4. The summed E-state index contributed by atoms with van der Waals surface area (Å²) in [6.07, 6.45) is 1.24. The first kappa shape index (κ1) is 10.5. The molecule has 1 unspecified atom stereocenters. The number of oxazole rings is 1.